The summed E-state index contributed by atoms with van der Waals surface area (Å²) in [6.45, 7) is 5.87. The molecular formula is C13H21N3O. The fourth-order valence-electron chi connectivity index (χ4n) is 1.84. The van der Waals surface area contributed by atoms with E-state index in [2.05, 4.69) is 11.8 Å². The van der Waals surface area contributed by atoms with E-state index in [1.54, 1.807) is 0 Å². The van der Waals surface area contributed by atoms with Gasteiger partial charge in [0.25, 0.3) is 0 Å². The van der Waals surface area contributed by atoms with E-state index in [1.807, 2.05) is 25.1 Å². The van der Waals surface area contributed by atoms with Crippen LogP contribution in [0.5, 0.6) is 0 Å². The zero-order valence-electron chi connectivity index (χ0n) is 10.5. The molecule has 4 heteroatoms. The Hall–Kier alpha value is -1.55. The largest absolute Gasteiger partial charge is 0.396 e. The first-order valence-electron chi connectivity index (χ1n) is 5.91. The van der Waals surface area contributed by atoms with Gasteiger partial charge in [-0.25, -0.2) is 0 Å². The van der Waals surface area contributed by atoms with Gasteiger partial charge in [-0.3, -0.25) is 5.41 Å². The lowest BCUT2D eigenvalue weighted by Gasteiger charge is -2.25. The molecule has 0 atom stereocenters. The van der Waals surface area contributed by atoms with Crippen LogP contribution in [0.4, 0.5) is 5.69 Å². The Morgan fingerprint density at radius 2 is 2.18 bits per heavy atom. The Labute approximate surface area is 103 Å². The van der Waals surface area contributed by atoms with Gasteiger partial charge in [-0.15, -0.1) is 0 Å². The third-order valence-corrected chi connectivity index (χ3v) is 2.75. The maximum absolute atomic E-state index is 8.90. The highest BCUT2D eigenvalue weighted by Crippen LogP contribution is 2.22. The van der Waals surface area contributed by atoms with Gasteiger partial charge in [-0.2, -0.15) is 0 Å². The minimum Gasteiger partial charge on any atom is -0.396 e. The van der Waals surface area contributed by atoms with Crippen LogP contribution < -0.4 is 10.6 Å². The number of hydrogen-bond donors (Lipinski definition) is 3. The van der Waals surface area contributed by atoms with Gasteiger partial charge in [0.15, 0.2) is 0 Å². The number of aliphatic hydroxyl groups excluding tert-OH is 1. The Balaban J connectivity index is 3.06. The Kier molecular flexibility index (Phi) is 4.97. The van der Waals surface area contributed by atoms with Crippen molar-refractivity contribution in [1.29, 1.82) is 5.41 Å². The number of amidine groups is 1. The number of hydrogen-bond acceptors (Lipinski definition) is 3. The number of rotatable bonds is 6. The highest BCUT2D eigenvalue weighted by atomic mass is 16.3. The lowest BCUT2D eigenvalue weighted by atomic mass is 10.1. The molecule has 17 heavy (non-hydrogen) atoms. The monoisotopic (exact) mass is 235 g/mol. The fourth-order valence-corrected chi connectivity index (χ4v) is 1.84. The predicted molar refractivity (Wildman–Crippen MR) is 71.8 cm³/mol. The number of nitrogens with zero attached hydrogens (tertiary/aromatic N) is 1. The zero-order chi connectivity index (χ0) is 12.8. The summed E-state index contributed by atoms with van der Waals surface area (Å²) in [4.78, 5) is 2.14. The van der Waals surface area contributed by atoms with Gasteiger partial charge in [0, 0.05) is 30.9 Å². The quantitative estimate of drug-likeness (QED) is 0.516. The highest BCUT2D eigenvalue weighted by Gasteiger charge is 2.11. The average Bonchev–Trinajstić information content (AvgIpc) is 2.29. The van der Waals surface area contributed by atoms with Gasteiger partial charge in [0.2, 0.25) is 0 Å². The van der Waals surface area contributed by atoms with Crippen molar-refractivity contribution in [2.24, 2.45) is 5.73 Å². The van der Waals surface area contributed by atoms with Crippen molar-refractivity contribution < 1.29 is 5.11 Å². The van der Waals surface area contributed by atoms with E-state index in [4.69, 9.17) is 16.2 Å². The average molecular weight is 235 g/mol. The van der Waals surface area contributed by atoms with Crippen LogP contribution in [-0.2, 0) is 0 Å². The Morgan fingerprint density at radius 1 is 1.47 bits per heavy atom. The van der Waals surface area contributed by atoms with Crippen LogP contribution in [0.3, 0.4) is 0 Å². The molecule has 0 aliphatic carbocycles. The van der Waals surface area contributed by atoms with E-state index in [0.717, 1.165) is 36.3 Å². The van der Waals surface area contributed by atoms with Gasteiger partial charge >= 0.3 is 0 Å². The van der Waals surface area contributed by atoms with E-state index >= 15 is 0 Å². The van der Waals surface area contributed by atoms with E-state index < -0.39 is 0 Å². The molecule has 0 aromatic heterocycles. The van der Waals surface area contributed by atoms with Crippen molar-refractivity contribution in [3.05, 3.63) is 29.3 Å². The van der Waals surface area contributed by atoms with Gasteiger partial charge in [-0.05, 0) is 38.0 Å². The summed E-state index contributed by atoms with van der Waals surface area (Å²) < 4.78 is 0. The predicted octanol–water partition coefficient (Wildman–Crippen LogP) is 1.49. The lowest BCUT2D eigenvalue weighted by Crippen LogP contribution is -2.27. The first-order valence-corrected chi connectivity index (χ1v) is 5.91. The maximum Gasteiger partial charge on any atom is 0.124 e. The minimum atomic E-state index is 0.0856. The highest BCUT2D eigenvalue weighted by molar-refractivity contribution is 6.00. The van der Waals surface area contributed by atoms with Gasteiger partial charge in [0.05, 0.1) is 0 Å². The molecule has 0 spiro atoms. The van der Waals surface area contributed by atoms with Crippen molar-refractivity contribution in [1.82, 2.24) is 0 Å². The molecule has 0 radical (unpaired) electrons. The molecular weight excluding hydrogens is 214 g/mol. The van der Waals surface area contributed by atoms with E-state index in [0.29, 0.717) is 0 Å². The third-order valence-electron chi connectivity index (χ3n) is 2.75. The van der Waals surface area contributed by atoms with E-state index in [9.17, 15) is 0 Å². The van der Waals surface area contributed by atoms with Crippen molar-refractivity contribution in [2.75, 3.05) is 24.6 Å². The summed E-state index contributed by atoms with van der Waals surface area (Å²) in [6.07, 6.45) is 0.721. The van der Waals surface area contributed by atoms with Crippen molar-refractivity contribution >= 4 is 11.5 Å². The topological polar surface area (TPSA) is 73.3 Å². The normalized spacial score (nSPS) is 10.3. The Bertz CT molecular complexity index is 390. The minimum absolute atomic E-state index is 0.0856. The number of nitrogen functional groups attached to an aromatic ring is 1. The summed E-state index contributed by atoms with van der Waals surface area (Å²) in [5, 5.41) is 16.5. The SMILES string of the molecule is CCN(CCCO)c1cc(C)ccc1C(=N)N. The Morgan fingerprint density at radius 3 is 2.71 bits per heavy atom. The summed E-state index contributed by atoms with van der Waals surface area (Å²) in [5.74, 6) is 0.0856. The van der Waals surface area contributed by atoms with Gasteiger partial charge in [0.1, 0.15) is 5.84 Å². The van der Waals surface area contributed by atoms with E-state index in [-0.39, 0.29) is 12.4 Å². The first-order chi connectivity index (χ1) is 8.10. The number of aryl methyl sites for hydroxylation is 1. The van der Waals surface area contributed by atoms with Gasteiger partial charge in [-0.1, -0.05) is 6.07 Å². The smallest absolute Gasteiger partial charge is 0.124 e. The van der Waals surface area contributed by atoms with Crippen LogP contribution in [0.25, 0.3) is 0 Å². The summed E-state index contributed by atoms with van der Waals surface area (Å²) in [6, 6.07) is 5.88. The first kappa shape index (κ1) is 13.5. The van der Waals surface area contributed by atoms with Crippen molar-refractivity contribution in [2.45, 2.75) is 20.3 Å². The molecule has 0 fully saturated rings. The molecule has 94 valence electrons. The molecule has 4 nitrogen and oxygen atoms in total. The molecule has 1 aromatic rings. The molecule has 0 unspecified atom stereocenters. The van der Waals surface area contributed by atoms with Crippen LogP contribution >= 0.6 is 0 Å². The molecule has 0 aliphatic rings. The second-order valence-corrected chi connectivity index (χ2v) is 4.09. The van der Waals surface area contributed by atoms with Gasteiger partial charge < -0.3 is 15.7 Å². The number of nitrogens with two attached hydrogens (primary N) is 1. The van der Waals surface area contributed by atoms with Crippen molar-refractivity contribution in [3.8, 4) is 0 Å². The molecule has 0 amide bonds. The molecule has 0 saturated heterocycles. The second kappa shape index (κ2) is 6.25. The number of nitrogens with one attached hydrogen (secondary N) is 1. The van der Waals surface area contributed by atoms with Crippen LogP contribution in [-0.4, -0.2) is 30.6 Å². The van der Waals surface area contributed by atoms with Crippen LogP contribution in [0, 0.1) is 12.3 Å². The van der Waals surface area contributed by atoms with Crippen LogP contribution in [0.15, 0.2) is 18.2 Å². The lowest BCUT2D eigenvalue weighted by molar-refractivity contribution is 0.289. The molecule has 0 bridgehead atoms. The summed E-state index contributed by atoms with van der Waals surface area (Å²) in [7, 11) is 0. The summed E-state index contributed by atoms with van der Waals surface area (Å²) in [5.41, 5.74) is 8.48. The summed E-state index contributed by atoms with van der Waals surface area (Å²) >= 11 is 0. The fraction of sp³-hybridized carbons (Fsp3) is 0.462. The maximum atomic E-state index is 8.90. The van der Waals surface area contributed by atoms with Crippen molar-refractivity contribution in [3.63, 3.8) is 0 Å². The second-order valence-electron chi connectivity index (χ2n) is 4.09. The number of benzene rings is 1. The zero-order valence-corrected chi connectivity index (χ0v) is 10.5. The molecule has 4 N–H and O–H groups in total. The molecule has 0 aliphatic heterocycles. The van der Waals surface area contributed by atoms with Crippen LogP contribution in [0.2, 0.25) is 0 Å². The van der Waals surface area contributed by atoms with E-state index in [1.165, 1.54) is 0 Å². The molecule has 0 saturated carbocycles. The third kappa shape index (κ3) is 3.46. The molecule has 1 rings (SSSR count). The standard InChI is InChI=1S/C13H21N3O/c1-3-16(7-4-8-17)12-9-10(2)5-6-11(12)13(14)15/h5-6,9,17H,3-4,7-8H2,1-2H3,(H3,14,15). The molecule has 1 aromatic carbocycles. The molecule has 0 heterocycles. The number of aliphatic hydroxyl groups is 1. The van der Waals surface area contributed by atoms with Crippen LogP contribution in [0.1, 0.15) is 24.5 Å². The number of anilines is 1.